The summed E-state index contributed by atoms with van der Waals surface area (Å²) in [7, 11) is 0. The minimum atomic E-state index is -0.969. The first-order chi connectivity index (χ1) is 9.43. The van der Waals surface area contributed by atoms with Crippen LogP contribution in [0.3, 0.4) is 0 Å². The van der Waals surface area contributed by atoms with Crippen LogP contribution in [0.1, 0.15) is 23.8 Å². The van der Waals surface area contributed by atoms with Gasteiger partial charge in [0.1, 0.15) is 5.69 Å². The summed E-state index contributed by atoms with van der Waals surface area (Å²) in [5.41, 5.74) is 0.0712. The lowest BCUT2D eigenvalue weighted by Crippen LogP contribution is -2.31. The second kappa shape index (κ2) is 5.59. The van der Waals surface area contributed by atoms with E-state index < -0.39 is 23.0 Å². The number of aliphatic hydroxyl groups excluding tert-OH is 2. The first-order valence-electron chi connectivity index (χ1n) is 6.44. The summed E-state index contributed by atoms with van der Waals surface area (Å²) in [6.07, 6.45) is 0.129. The van der Waals surface area contributed by atoms with Crippen molar-refractivity contribution in [2.75, 3.05) is 13.1 Å². The lowest BCUT2D eigenvalue weighted by molar-refractivity contribution is -0.384. The smallest absolute Gasteiger partial charge is 0.287 e. The van der Waals surface area contributed by atoms with Gasteiger partial charge in [-0.25, -0.2) is 0 Å². The molecule has 0 saturated carbocycles. The van der Waals surface area contributed by atoms with Crippen molar-refractivity contribution < 1.29 is 19.9 Å². The Morgan fingerprint density at radius 3 is 2.55 bits per heavy atom. The largest absolute Gasteiger partial charge is 0.388 e. The summed E-state index contributed by atoms with van der Waals surface area (Å²) in [4.78, 5) is 23.9. The standard InChI is InChI=1S/C12H17N3O5/c1-2-3-13-5-8(15(19)20)4-9(13)12(18)14-6-10(16)11(17)7-14/h4-5,10-11,16-17H,2-3,6-7H2,1H3/t10-,11+. The number of aryl methyl sites for hydroxylation is 1. The topological polar surface area (TPSA) is 109 Å². The van der Waals surface area contributed by atoms with E-state index in [0.29, 0.717) is 6.54 Å². The molecule has 1 amide bonds. The van der Waals surface area contributed by atoms with E-state index in [-0.39, 0.29) is 24.5 Å². The molecule has 1 aliphatic rings. The number of aliphatic hydroxyl groups is 2. The number of carbonyl (C=O) groups excluding carboxylic acids is 1. The van der Waals surface area contributed by atoms with Gasteiger partial charge in [0.05, 0.1) is 23.3 Å². The summed E-state index contributed by atoms with van der Waals surface area (Å²) in [5, 5.41) is 29.7. The Morgan fingerprint density at radius 2 is 2.05 bits per heavy atom. The van der Waals surface area contributed by atoms with E-state index in [9.17, 15) is 25.1 Å². The Morgan fingerprint density at radius 1 is 1.45 bits per heavy atom. The van der Waals surface area contributed by atoms with Crippen molar-refractivity contribution in [3.05, 3.63) is 28.1 Å². The van der Waals surface area contributed by atoms with E-state index in [2.05, 4.69) is 0 Å². The van der Waals surface area contributed by atoms with Gasteiger partial charge in [-0.15, -0.1) is 0 Å². The van der Waals surface area contributed by atoms with Crippen LogP contribution in [-0.4, -0.2) is 55.8 Å². The number of rotatable bonds is 4. The zero-order valence-electron chi connectivity index (χ0n) is 11.1. The SMILES string of the molecule is CCCn1cc([N+](=O)[O-])cc1C(=O)N1C[C@@H](O)[C@@H](O)C1. The number of nitrogens with zero attached hydrogens (tertiary/aromatic N) is 3. The number of β-amino-alcohol motifs (C(OH)–C–C–N with tert-alkyl or cyclic N) is 2. The van der Waals surface area contributed by atoms with Crippen LogP contribution in [0.4, 0.5) is 5.69 Å². The fourth-order valence-electron chi connectivity index (χ4n) is 2.30. The molecule has 1 aromatic heterocycles. The van der Waals surface area contributed by atoms with Crippen molar-refractivity contribution in [2.24, 2.45) is 0 Å². The Balaban J connectivity index is 2.26. The number of aromatic nitrogens is 1. The number of likely N-dealkylation sites (tertiary alicyclic amines) is 1. The van der Waals surface area contributed by atoms with Crippen molar-refractivity contribution in [1.29, 1.82) is 0 Å². The lowest BCUT2D eigenvalue weighted by atomic mass is 10.3. The predicted octanol–water partition coefficient (Wildman–Crippen LogP) is -0.0161. The molecule has 20 heavy (non-hydrogen) atoms. The second-order valence-electron chi connectivity index (χ2n) is 4.88. The van der Waals surface area contributed by atoms with Gasteiger partial charge in [-0.2, -0.15) is 0 Å². The van der Waals surface area contributed by atoms with Crippen LogP contribution in [0, 0.1) is 10.1 Å². The predicted molar refractivity (Wildman–Crippen MR) is 69.3 cm³/mol. The molecule has 0 aromatic carbocycles. The van der Waals surface area contributed by atoms with Crippen molar-refractivity contribution >= 4 is 11.6 Å². The van der Waals surface area contributed by atoms with Gasteiger partial charge in [0.25, 0.3) is 11.6 Å². The lowest BCUT2D eigenvalue weighted by Gasteiger charge is -2.16. The highest BCUT2D eigenvalue weighted by atomic mass is 16.6. The molecule has 0 unspecified atom stereocenters. The summed E-state index contributed by atoms with van der Waals surface area (Å²) < 4.78 is 1.54. The molecule has 2 N–H and O–H groups in total. The first-order valence-corrected chi connectivity index (χ1v) is 6.44. The Labute approximate surface area is 115 Å². The average Bonchev–Trinajstić information content (AvgIpc) is 2.94. The maximum Gasteiger partial charge on any atom is 0.287 e. The maximum atomic E-state index is 12.3. The van der Waals surface area contributed by atoms with Crippen LogP contribution < -0.4 is 0 Å². The molecule has 1 fully saturated rings. The molecular formula is C12H17N3O5. The molecule has 0 radical (unpaired) electrons. The van der Waals surface area contributed by atoms with Crippen LogP contribution in [0.15, 0.2) is 12.3 Å². The third-order valence-corrected chi connectivity index (χ3v) is 3.32. The second-order valence-corrected chi connectivity index (χ2v) is 4.88. The molecule has 110 valence electrons. The van der Waals surface area contributed by atoms with Crippen LogP contribution in [-0.2, 0) is 6.54 Å². The normalized spacial score (nSPS) is 22.2. The minimum absolute atomic E-state index is 0.0328. The van der Waals surface area contributed by atoms with Crippen LogP contribution in [0.5, 0.6) is 0 Å². The minimum Gasteiger partial charge on any atom is -0.388 e. The van der Waals surface area contributed by atoms with Crippen molar-refractivity contribution in [3.63, 3.8) is 0 Å². The van der Waals surface area contributed by atoms with E-state index in [1.807, 2.05) is 6.92 Å². The van der Waals surface area contributed by atoms with E-state index in [1.165, 1.54) is 21.7 Å². The van der Waals surface area contributed by atoms with Gasteiger partial charge in [0.15, 0.2) is 0 Å². The van der Waals surface area contributed by atoms with Crippen LogP contribution >= 0.6 is 0 Å². The van der Waals surface area contributed by atoms with Crippen molar-refractivity contribution in [2.45, 2.75) is 32.1 Å². The molecule has 8 nitrogen and oxygen atoms in total. The number of nitro groups is 1. The molecular weight excluding hydrogens is 266 g/mol. The Hall–Kier alpha value is -1.93. The molecule has 0 bridgehead atoms. The number of hydrogen-bond acceptors (Lipinski definition) is 5. The third-order valence-electron chi connectivity index (χ3n) is 3.32. The number of carbonyl (C=O) groups is 1. The average molecular weight is 283 g/mol. The third kappa shape index (κ3) is 2.66. The van der Waals surface area contributed by atoms with E-state index in [1.54, 1.807) is 0 Å². The summed E-state index contributed by atoms with van der Waals surface area (Å²) >= 11 is 0. The quantitative estimate of drug-likeness (QED) is 0.596. The van der Waals surface area contributed by atoms with Gasteiger partial charge < -0.3 is 19.7 Å². The molecule has 8 heteroatoms. The van der Waals surface area contributed by atoms with Gasteiger partial charge in [0.2, 0.25) is 0 Å². The van der Waals surface area contributed by atoms with Crippen LogP contribution in [0.25, 0.3) is 0 Å². The van der Waals surface area contributed by atoms with Crippen molar-refractivity contribution in [3.8, 4) is 0 Å². The highest BCUT2D eigenvalue weighted by Crippen LogP contribution is 2.21. The molecule has 0 spiro atoms. The monoisotopic (exact) mass is 283 g/mol. The summed E-state index contributed by atoms with van der Waals surface area (Å²) in [6, 6.07) is 1.23. The molecule has 0 aliphatic carbocycles. The number of amides is 1. The molecule has 1 aliphatic heterocycles. The fourth-order valence-corrected chi connectivity index (χ4v) is 2.30. The Bertz CT molecular complexity index is 517. The molecule has 1 aromatic rings. The zero-order valence-corrected chi connectivity index (χ0v) is 11.1. The molecule has 2 rings (SSSR count). The Kier molecular flexibility index (Phi) is 4.05. The molecule has 2 atom stereocenters. The van der Waals surface area contributed by atoms with Gasteiger partial charge in [0, 0.05) is 25.7 Å². The summed E-state index contributed by atoms with van der Waals surface area (Å²) in [6.45, 7) is 2.47. The van der Waals surface area contributed by atoms with E-state index in [0.717, 1.165) is 6.42 Å². The van der Waals surface area contributed by atoms with E-state index in [4.69, 9.17) is 0 Å². The van der Waals surface area contributed by atoms with Crippen molar-refractivity contribution in [1.82, 2.24) is 9.47 Å². The fraction of sp³-hybridized carbons (Fsp3) is 0.583. The van der Waals surface area contributed by atoms with Gasteiger partial charge in [-0.1, -0.05) is 6.92 Å². The van der Waals surface area contributed by atoms with Gasteiger partial charge in [-0.3, -0.25) is 14.9 Å². The van der Waals surface area contributed by atoms with Gasteiger partial charge >= 0.3 is 0 Å². The highest BCUT2D eigenvalue weighted by Gasteiger charge is 2.34. The zero-order chi connectivity index (χ0) is 14.9. The summed E-state index contributed by atoms with van der Waals surface area (Å²) in [5.74, 6) is -0.415. The maximum absolute atomic E-state index is 12.3. The highest BCUT2D eigenvalue weighted by molar-refractivity contribution is 5.93. The molecule has 1 saturated heterocycles. The van der Waals surface area contributed by atoms with Crippen LogP contribution in [0.2, 0.25) is 0 Å². The number of hydrogen-bond donors (Lipinski definition) is 2. The van der Waals surface area contributed by atoms with E-state index >= 15 is 0 Å². The molecule has 2 heterocycles. The van der Waals surface area contributed by atoms with Gasteiger partial charge in [-0.05, 0) is 6.42 Å². The first kappa shape index (κ1) is 14.5.